The van der Waals surface area contributed by atoms with E-state index < -0.39 is 10.0 Å². The van der Waals surface area contributed by atoms with E-state index in [-0.39, 0.29) is 17.0 Å². The summed E-state index contributed by atoms with van der Waals surface area (Å²) in [6.07, 6.45) is 12.4. The Bertz CT molecular complexity index is 3260. The molecule has 10 heterocycles. The summed E-state index contributed by atoms with van der Waals surface area (Å²) in [5.74, 6) is 3.35. The maximum Gasteiger partial charge on any atom is 0.269 e. The number of aryl methyl sites for hydroxylation is 1. The molecule has 0 spiro atoms. The Kier molecular flexibility index (Phi) is 15.1. The average Bonchev–Trinajstić information content (AvgIpc) is 4.04. The molecule has 2 saturated heterocycles. The Labute approximate surface area is 433 Å². The third kappa shape index (κ3) is 11.0. The fourth-order valence-electron chi connectivity index (χ4n) is 10.6. The lowest BCUT2D eigenvalue weighted by molar-refractivity contribution is 0.161. The molecule has 0 aliphatic carbocycles. The molecule has 18 nitrogen and oxygen atoms in total. The summed E-state index contributed by atoms with van der Waals surface area (Å²) in [6.45, 7) is 21.0. The SMILES string of the molecule is CC(Nc1ncnc2[nH]cc(C3=CCOCC3)c12)c1cccc(N2C[C@@H](C)N[C@@H](C)C2)n1.Cc1ccc(S(=O)(=O)n2cc(C3=CCOCC3)c3c(NC(C)c4cccc(N5C[C@@H](C)N[C@@H](C)C5)n4)ncnc32)cc1. The first-order chi connectivity index (χ1) is 35.8. The van der Waals surface area contributed by atoms with Crippen LogP contribution in [0.2, 0.25) is 0 Å². The van der Waals surface area contributed by atoms with Crippen molar-refractivity contribution in [2.45, 2.75) is 102 Å². The molecule has 19 heteroatoms. The summed E-state index contributed by atoms with van der Waals surface area (Å²) >= 11 is 0. The van der Waals surface area contributed by atoms with Gasteiger partial charge in [0.05, 0.1) is 65.6 Å². The first-order valence-corrected chi connectivity index (χ1v) is 27.3. The molecule has 6 aromatic heterocycles. The van der Waals surface area contributed by atoms with Crippen LogP contribution in [-0.2, 0) is 19.5 Å². The first kappa shape index (κ1) is 50.7. The van der Waals surface area contributed by atoms with Gasteiger partial charge in [0.15, 0.2) is 5.65 Å². The molecule has 2 fully saturated rings. The number of benzene rings is 1. The third-order valence-electron chi connectivity index (χ3n) is 14.1. The maximum absolute atomic E-state index is 13.9. The van der Waals surface area contributed by atoms with Crippen LogP contribution in [0.3, 0.4) is 0 Å². The second kappa shape index (κ2) is 22.0. The number of H-pyrrole nitrogens is 1. The number of hydrogen-bond donors (Lipinski definition) is 5. The van der Waals surface area contributed by atoms with Crippen molar-refractivity contribution in [3.63, 3.8) is 0 Å². The smallest absolute Gasteiger partial charge is 0.269 e. The van der Waals surface area contributed by atoms with Crippen LogP contribution in [0, 0.1) is 6.92 Å². The van der Waals surface area contributed by atoms with Gasteiger partial charge in [-0.15, -0.1) is 0 Å². The van der Waals surface area contributed by atoms with E-state index in [1.54, 1.807) is 36.8 Å². The van der Waals surface area contributed by atoms with Crippen molar-refractivity contribution >= 4 is 66.5 Å². The minimum Gasteiger partial charge on any atom is -0.377 e. The molecule has 5 N–H and O–H groups in total. The number of hydrogen-bond acceptors (Lipinski definition) is 16. The van der Waals surface area contributed by atoms with E-state index in [4.69, 9.17) is 19.4 Å². The molecule has 4 aliphatic heterocycles. The number of rotatable bonds is 12. The van der Waals surface area contributed by atoms with Gasteiger partial charge < -0.3 is 45.5 Å². The molecule has 6 atom stereocenters. The van der Waals surface area contributed by atoms with Crippen LogP contribution in [0.1, 0.15) is 94.5 Å². The van der Waals surface area contributed by atoms with E-state index in [0.29, 0.717) is 67.3 Å². The second-order valence-corrected chi connectivity index (χ2v) is 22.0. The predicted molar refractivity (Wildman–Crippen MR) is 293 cm³/mol. The predicted octanol–water partition coefficient (Wildman–Crippen LogP) is 8.05. The molecule has 7 aromatic rings. The monoisotopic (exact) mass is 1020 g/mol. The molecule has 4 aliphatic rings. The fourth-order valence-corrected chi connectivity index (χ4v) is 11.9. The molecule has 0 radical (unpaired) electrons. The summed E-state index contributed by atoms with van der Waals surface area (Å²) in [5.41, 5.74) is 8.23. The van der Waals surface area contributed by atoms with Gasteiger partial charge in [0, 0.05) is 73.9 Å². The van der Waals surface area contributed by atoms with Gasteiger partial charge in [-0.3, -0.25) is 0 Å². The highest BCUT2D eigenvalue weighted by molar-refractivity contribution is 7.90. The number of aromatic amines is 1. The van der Waals surface area contributed by atoms with Gasteiger partial charge in [0.25, 0.3) is 10.0 Å². The molecule has 11 rings (SSSR count). The van der Waals surface area contributed by atoms with Crippen molar-refractivity contribution in [3.8, 4) is 0 Å². The van der Waals surface area contributed by atoms with Crippen LogP contribution in [0.25, 0.3) is 33.2 Å². The topological polar surface area (TPSA) is 205 Å². The van der Waals surface area contributed by atoms with E-state index in [1.807, 2.05) is 38.3 Å². The number of anilines is 4. The zero-order valence-corrected chi connectivity index (χ0v) is 44.2. The van der Waals surface area contributed by atoms with Crippen molar-refractivity contribution in [2.24, 2.45) is 0 Å². The minimum atomic E-state index is -3.91. The highest BCUT2D eigenvalue weighted by Gasteiger charge is 2.29. The lowest BCUT2D eigenvalue weighted by Crippen LogP contribution is -2.54. The maximum atomic E-state index is 13.9. The van der Waals surface area contributed by atoms with Gasteiger partial charge in [-0.25, -0.2) is 42.3 Å². The van der Waals surface area contributed by atoms with E-state index in [9.17, 15) is 8.42 Å². The van der Waals surface area contributed by atoms with Crippen molar-refractivity contribution in [3.05, 3.63) is 126 Å². The van der Waals surface area contributed by atoms with E-state index in [2.05, 4.69) is 121 Å². The Morgan fingerprint density at radius 2 is 1.16 bits per heavy atom. The number of piperazine rings is 2. The molecular formula is C55H68N14O4S. The number of nitrogens with one attached hydrogen (secondary N) is 5. The zero-order chi connectivity index (χ0) is 51.5. The number of pyridine rings is 2. The van der Waals surface area contributed by atoms with Gasteiger partial charge >= 0.3 is 0 Å². The lowest BCUT2D eigenvalue weighted by Gasteiger charge is -2.37. The quantitative estimate of drug-likeness (QED) is 0.0785. The van der Waals surface area contributed by atoms with Gasteiger partial charge in [0.1, 0.15) is 41.6 Å². The van der Waals surface area contributed by atoms with Crippen LogP contribution in [0.15, 0.2) is 103 Å². The number of ether oxygens (including phenoxy) is 2. The number of fused-ring (bicyclic) bond motifs is 2. The van der Waals surface area contributed by atoms with Crippen molar-refractivity contribution in [1.82, 2.24) is 49.5 Å². The molecule has 2 unspecified atom stereocenters. The van der Waals surface area contributed by atoms with Crippen LogP contribution in [0.4, 0.5) is 23.3 Å². The largest absolute Gasteiger partial charge is 0.377 e. The van der Waals surface area contributed by atoms with Gasteiger partial charge in [-0.2, -0.15) is 0 Å². The molecule has 0 saturated carbocycles. The molecule has 1 aromatic carbocycles. The Hall–Kier alpha value is -6.77. The molecule has 0 amide bonds. The number of aromatic nitrogens is 8. The van der Waals surface area contributed by atoms with Crippen LogP contribution >= 0.6 is 0 Å². The average molecular weight is 1020 g/mol. The van der Waals surface area contributed by atoms with Gasteiger partial charge in [-0.05, 0) is 109 Å². The van der Waals surface area contributed by atoms with E-state index in [0.717, 1.165) is 101 Å². The summed E-state index contributed by atoms with van der Waals surface area (Å²) < 4.78 is 40.0. The Balaban J connectivity index is 0.000000175. The Morgan fingerprint density at radius 1 is 0.649 bits per heavy atom. The lowest BCUT2D eigenvalue weighted by atomic mass is 10.0. The zero-order valence-electron chi connectivity index (χ0n) is 43.3. The normalized spacial score (nSPS) is 21.3. The first-order valence-electron chi connectivity index (χ1n) is 25.8. The Morgan fingerprint density at radius 3 is 1.69 bits per heavy atom. The molecule has 0 bridgehead atoms. The van der Waals surface area contributed by atoms with E-state index in [1.165, 1.54) is 15.9 Å². The van der Waals surface area contributed by atoms with E-state index >= 15 is 0 Å². The van der Waals surface area contributed by atoms with Crippen molar-refractivity contribution < 1.29 is 17.9 Å². The standard InChI is InChI=1S/C31H37N7O3S.C24H31N7O/c1-20-8-10-25(11-9-20)42(39,40)38-18-26(24-12-14-41-15-13-24)29-30(32-19-33-31(29)38)35-23(4)27-6-5-7-28(36-27)37-16-21(2)34-22(3)17-37;1-15-12-31(13-16(2)28-15)21-6-4-5-20(30-21)17(3)29-24-22-19(18-7-9-32-10-8-18)11-25-23(22)26-14-27-24/h5-12,18-19,21-23,34H,13-17H2,1-4H3,(H,32,33,35);4-7,11,14-17,28H,8-10,12-13H2,1-3H3,(H2,25,26,27,29)/t21-,22+,23?;15-,16+,17?. The third-order valence-corrected chi connectivity index (χ3v) is 15.8. The summed E-state index contributed by atoms with van der Waals surface area (Å²) in [4.78, 5) is 36.3. The van der Waals surface area contributed by atoms with Crippen LogP contribution < -0.4 is 31.1 Å². The van der Waals surface area contributed by atoms with Gasteiger partial charge in [0.2, 0.25) is 0 Å². The summed E-state index contributed by atoms with van der Waals surface area (Å²) in [5, 5.41) is 16.0. The summed E-state index contributed by atoms with van der Waals surface area (Å²) in [6, 6.07) is 20.7. The molecular weight excluding hydrogens is 953 g/mol. The highest BCUT2D eigenvalue weighted by atomic mass is 32.2. The van der Waals surface area contributed by atoms with Crippen molar-refractivity contribution in [1.29, 1.82) is 0 Å². The van der Waals surface area contributed by atoms with Crippen LogP contribution in [-0.4, -0.2) is 124 Å². The van der Waals surface area contributed by atoms with Gasteiger partial charge in [-0.1, -0.05) is 42.0 Å². The molecule has 74 heavy (non-hydrogen) atoms. The fraction of sp³-hybridized carbons (Fsp3) is 0.418. The molecule has 388 valence electrons. The number of nitrogens with zero attached hydrogens (tertiary/aromatic N) is 9. The second-order valence-electron chi connectivity index (χ2n) is 20.2. The summed E-state index contributed by atoms with van der Waals surface area (Å²) in [7, 11) is -3.91. The van der Waals surface area contributed by atoms with Crippen molar-refractivity contribution in [2.75, 3.05) is 73.0 Å². The minimum absolute atomic E-state index is 0.00256. The highest BCUT2D eigenvalue weighted by Crippen LogP contribution is 2.37. The van der Waals surface area contributed by atoms with Crippen LogP contribution in [0.5, 0.6) is 0 Å².